The molecule has 1 aromatic rings. The van der Waals surface area contributed by atoms with Crippen molar-refractivity contribution < 1.29 is 9.59 Å². The predicted molar refractivity (Wildman–Crippen MR) is 96.1 cm³/mol. The van der Waals surface area contributed by atoms with Gasteiger partial charge in [-0.3, -0.25) is 4.79 Å². The highest BCUT2D eigenvalue weighted by Crippen LogP contribution is 2.16. The van der Waals surface area contributed by atoms with Crippen molar-refractivity contribution >= 4 is 29.2 Å². The molecule has 0 radical (unpaired) electrons. The molecule has 132 valence electrons. The van der Waals surface area contributed by atoms with Gasteiger partial charge in [0.25, 0.3) is 0 Å². The Morgan fingerprint density at radius 1 is 1.25 bits per heavy atom. The SMILES string of the molecule is CC[C@@H](C)[C@H](N)C(=O)N1CCN(C(=O)Nc2cccc(Cl)c2)CC1. The minimum absolute atomic E-state index is 0.0285. The smallest absolute Gasteiger partial charge is 0.321 e. The number of anilines is 1. The van der Waals surface area contributed by atoms with Crippen LogP contribution in [0.1, 0.15) is 20.3 Å². The Morgan fingerprint density at radius 3 is 2.46 bits per heavy atom. The summed E-state index contributed by atoms with van der Waals surface area (Å²) in [7, 11) is 0. The largest absolute Gasteiger partial charge is 0.338 e. The van der Waals surface area contributed by atoms with Crippen molar-refractivity contribution in [2.75, 3.05) is 31.5 Å². The standard InChI is InChI=1S/C17H25ClN4O2/c1-3-12(2)15(19)16(23)21-7-9-22(10-8-21)17(24)20-14-6-4-5-13(18)11-14/h4-6,11-12,15H,3,7-10,19H2,1-2H3,(H,20,24)/t12-,15+/m1/s1. The van der Waals surface area contributed by atoms with Crippen molar-refractivity contribution in [2.24, 2.45) is 11.7 Å². The topological polar surface area (TPSA) is 78.7 Å². The molecule has 6 nitrogen and oxygen atoms in total. The highest BCUT2D eigenvalue weighted by Gasteiger charge is 2.29. The summed E-state index contributed by atoms with van der Waals surface area (Å²) >= 11 is 5.91. The molecule has 3 N–H and O–H groups in total. The molecule has 7 heteroatoms. The van der Waals surface area contributed by atoms with Crippen LogP contribution in [0.4, 0.5) is 10.5 Å². The molecule has 3 amide bonds. The quantitative estimate of drug-likeness (QED) is 0.873. The van der Waals surface area contributed by atoms with Crippen LogP contribution in [0.25, 0.3) is 0 Å². The Labute approximate surface area is 147 Å². The number of urea groups is 1. The van der Waals surface area contributed by atoms with Gasteiger partial charge in [0.1, 0.15) is 0 Å². The normalized spacial score (nSPS) is 17.3. The molecule has 0 aliphatic carbocycles. The molecule has 0 spiro atoms. The maximum absolute atomic E-state index is 12.4. The van der Waals surface area contributed by atoms with Crippen molar-refractivity contribution in [3.63, 3.8) is 0 Å². The van der Waals surface area contributed by atoms with Gasteiger partial charge in [-0.2, -0.15) is 0 Å². The van der Waals surface area contributed by atoms with Gasteiger partial charge in [-0.25, -0.2) is 4.79 Å². The van der Waals surface area contributed by atoms with Gasteiger partial charge in [0.05, 0.1) is 6.04 Å². The zero-order valence-corrected chi connectivity index (χ0v) is 14.9. The summed E-state index contributed by atoms with van der Waals surface area (Å²) in [5, 5.41) is 3.39. The Kier molecular flexibility index (Phi) is 6.45. The van der Waals surface area contributed by atoms with Gasteiger partial charge in [-0.1, -0.05) is 37.9 Å². The molecule has 1 aliphatic heterocycles. The first-order valence-corrected chi connectivity index (χ1v) is 8.66. The summed E-state index contributed by atoms with van der Waals surface area (Å²) in [6.45, 7) is 6.00. The molecule has 0 unspecified atom stereocenters. The summed E-state index contributed by atoms with van der Waals surface area (Å²) in [6, 6.07) is 6.36. The van der Waals surface area contributed by atoms with Gasteiger partial charge >= 0.3 is 6.03 Å². The number of rotatable bonds is 4. The average molecular weight is 353 g/mol. The number of hydrogen-bond acceptors (Lipinski definition) is 3. The van der Waals surface area contributed by atoms with Gasteiger partial charge in [0.15, 0.2) is 0 Å². The van der Waals surface area contributed by atoms with E-state index in [1.165, 1.54) is 0 Å². The fourth-order valence-corrected chi connectivity index (χ4v) is 2.80. The molecule has 1 heterocycles. The second-order valence-corrected chi connectivity index (χ2v) is 6.60. The van der Waals surface area contributed by atoms with Crippen LogP contribution in [0.3, 0.4) is 0 Å². The van der Waals surface area contributed by atoms with Crippen molar-refractivity contribution in [1.29, 1.82) is 0 Å². The van der Waals surface area contributed by atoms with Crippen molar-refractivity contribution in [3.8, 4) is 0 Å². The minimum Gasteiger partial charge on any atom is -0.338 e. The third-order valence-corrected chi connectivity index (χ3v) is 4.73. The second-order valence-electron chi connectivity index (χ2n) is 6.16. The number of benzene rings is 1. The summed E-state index contributed by atoms with van der Waals surface area (Å²) in [6.07, 6.45) is 0.870. The number of nitrogens with two attached hydrogens (primary N) is 1. The van der Waals surface area contributed by atoms with E-state index in [2.05, 4.69) is 5.32 Å². The molecule has 1 saturated heterocycles. The van der Waals surface area contributed by atoms with Crippen LogP contribution in [0.5, 0.6) is 0 Å². The first-order valence-electron chi connectivity index (χ1n) is 8.28. The highest BCUT2D eigenvalue weighted by atomic mass is 35.5. The van der Waals surface area contributed by atoms with Gasteiger partial charge in [0.2, 0.25) is 5.91 Å². The molecule has 0 saturated carbocycles. The lowest BCUT2D eigenvalue weighted by Crippen LogP contribution is -2.56. The van der Waals surface area contributed by atoms with E-state index in [1.807, 2.05) is 13.8 Å². The van der Waals surface area contributed by atoms with E-state index in [1.54, 1.807) is 34.1 Å². The molecular weight excluding hydrogens is 328 g/mol. The van der Waals surface area contributed by atoms with Crippen LogP contribution in [0.2, 0.25) is 5.02 Å². The van der Waals surface area contributed by atoms with Gasteiger partial charge in [0, 0.05) is 36.9 Å². The highest BCUT2D eigenvalue weighted by molar-refractivity contribution is 6.30. The van der Waals surface area contributed by atoms with E-state index >= 15 is 0 Å². The maximum Gasteiger partial charge on any atom is 0.321 e. The van der Waals surface area contributed by atoms with Crippen LogP contribution in [-0.2, 0) is 4.79 Å². The van der Waals surface area contributed by atoms with Gasteiger partial charge in [-0.05, 0) is 24.1 Å². The first-order chi connectivity index (χ1) is 11.4. The lowest BCUT2D eigenvalue weighted by atomic mass is 9.98. The van der Waals surface area contributed by atoms with E-state index < -0.39 is 6.04 Å². The number of halogens is 1. The number of carbonyl (C=O) groups excluding carboxylic acids is 2. The first kappa shape index (κ1) is 18.5. The zero-order valence-electron chi connectivity index (χ0n) is 14.2. The summed E-state index contributed by atoms with van der Waals surface area (Å²) in [5.74, 6) is 0.126. The van der Waals surface area contributed by atoms with Gasteiger partial charge in [-0.15, -0.1) is 0 Å². The van der Waals surface area contributed by atoms with Crippen LogP contribution >= 0.6 is 11.6 Å². The van der Waals surface area contributed by atoms with Crippen molar-refractivity contribution in [1.82, 2.24) is 9.80 Å². The number of hydrogen-bond donors (Lipinski definition) is 2. The van der Waals surface area contributed by atoms with E-state index in [0.29, 0.717) is 36.9 Å². The third-order valence-electron chi connectivity index (χ3n) is 4.50. The molecule has 1 aliphatic rings. The number of carbonyl (C=O) groups is 2. The average Bonchev–Trinajstić information content (AvgIpc) is 2.59. The molecule has 24 heavy (non-hydrogen) atoms. The third kappa shape index (κ3) is 4.61. The molecule has 1 aromatic carbocycles. The second kappa shape index (κ2) is 8.35. The monoisotopic (exact) mass is 352 g/mol. The van der Waals surface area contributed by atoms with Crippen molar-refractivity contribution in [2.45, 2.75) is 26.3 Å². The molecule has 1 fully saturated rings. The van der Waals surface area contributed by atoms with E-state index in [0.717, 1.165) is 6.42 Å². The lowest BCUT2D eigenvalue weighted by molar-refractivity contribution is -0.135. The molecule has 2 rings (SSSR count). The molecular formula is C17H25ClN4O2. The molecule has 2 atom stereocenters. The van der Waals surface area contributed by atoms with Crippen molar-refractivity contribution in [3.05, 3.63) is 29.3 Å². The van der Waals surface area contributed by atoms with Crippen LogP contribution in [0, 0.1) is 5.92 Å². The molecule has 0 bridgehead atoms. The summed E-state index contributed by atoms with van der Waals surface area (Å²) in [5.41, 5.74) is 6.67. The fraction of sp³-hybridized carbons (Fsp3) is 0.529. The lowest BCUT2D eigenvalue weighted by Gasteiger charge is -2.36. The van der Waals surface area contributed by atoms with E-state index in [4.69, 9.17) is 17.3 Å². The Balaban J connectivity index is 1.86. The Bertz CT molecular complexity index is 588. The zero-order chi connectivity index (χ0) is 17.7. The summed E-state index contributed by atoms with van der Waals surface area (Å²) in [4.78, 5) is 28.1. The Morgan fingerprint density at radius 2 is 1.88 bits per heavy atom. The van der Waals surface area contributed by atoms with Gasteiger partial charge < -0.3 is 20.9 Å². The maximum atomic E-state index is 12.4. The number of nitrogens with one attached hydrogen (secondary N) is 1. The van der Waals surface area contributed by atoms with Crippen LogP contribution in [-0.4, -0.2) is 54.0 Å². The number of piperazine rings is 1. The fourth-order valence-electron chi connectivity index (χ4n) is 2.61. The number of nitrogens with zero attached hydrogens (tertiary/aromatic N) is 2. The van der Waals surface area contributed by atoms with Crippen LogP contribution < -0.4 is 11.1 Å². The van der Waals surface area contributed by atoms with E-state index in [9.17, 15) is 9.59 Å². The summed E-state index contributed by atoms with van der Waals surface area (Å²) < 4.78 is 0. The van der Waals surface area contributed by atoms with Crippen LogP contribution in [0.15, 0.2) is 24.3 Å². The predicted octanol–water partition coefficient (Wildman–Crippen LogP) is 2.39. The Hall–Kier alpha value is -1.79. The minimum atomic E-state index is -0.471. The van der Waals surface area contributed by atoms with E-state index in [-0.39, 0.29) is 17.9 Å². The molecule has 0 aromatic heterocycles. The number of amides is 3.